The van der Waals surface area contributed by atoms with Crippen LogP contribution in [0.1, 0.15) is 45.6 Å². The van der Waals surface area contributed by atoms with Gasteiger partial charge in [0.1, 0.15) is 0 Å². The number of rotatable bonds is 4. The van der Waals surface area contributed by atoms with E-state index >= 15 is 0 Å². The number of anilines is 1. The zero-order valence-corrected chi connectivity index (χ0v) is 13.8. The highest BCUT2D eigenvalue weighted by Crippen LogP contribution is 2.42. The fourth-order valence-corrected chi connectivity index (χ4v) is 3.30. The Bertz CT molecular complexity index is 549. The average Bonchev–Trinajstić information content (AvgIpc) is 2.70. The van der Waals surface area contributed by atoms with Gasteiger partial charge in [-0.15, -0.1) is 0 Å². The highest BCUT2D eigenvalue weighted by molar-refractivity contribution is 9.10. The number of halogens is 1. The Morgan fingerprint density at radius 1 is 1.20 bits per heavy atom. The highest BCUT2D eigenvalue weighted by atomic mass is 79.9. The van der Waals surface area contributed by atoms with E-state index in [1.54, 1.807) is 0 Å². The van der Waals surface area contributed by atoms with Crippen molar-refractivity contribution in [3.63, 3.8) is 0 Å². The Morgan fingerprint density at radius 2 is 1.85 bits per heavy atom. The Labute approximate surface area is 128 Å². The van der Waals surface area contributed by atoms with Crippen LogP contribution in [0.3, 0.4) is 0 Å². The third-order valence-corrected chi connectivity index (χ3v) is 4.91. The van der Waals surface area contributed by atoms with Crippen molar-refractivity contribution >= 4 is 33.4 Å². The van der Waals surface area contributed by atoms with Crippen LogP contribution in [0, 0.1) is 5.41 Å². The van der Waals surface area contributed by atoms with Crippen LogP contribution in [0.4, 0.5) is 5.69 Å². The molecular formula is C16H20BrNO2. The fraction of sp³-hybridized carbons (Fsp3) is 0.500. The minimum atomic E-state index is -0.505. The number of carbonyl (C=O) groups is 2. The molecule has 20 heavy (non-hydrogen) atoms. The number of aryl methyl sites for hydroxylation is 1. The number of benzene rings is 1. The normalized spacial score (nSPS) is 17.9. The molecule has 1 heterocycles. The first-order chi connectivity index (χ1) is 9.49. The van der Waals surface area contributed by atoms with Gasteiger partial charge in [0.15, 0.2) is 0 Å². The van der Waals surface area contributed by atoms with Crippen molar-refractivity contribution in [2.24, 2.45) is 5.41 Å². The number of nitrogens with zero attached hydrogens (tertiary/aromatic N) is 1. The van der Waals surface area contributed by atoms with Gasteiger partial charge in [0, 0.05) is 10.9 Å². The topological polar surface area (TPSA) is 37.4 Å². The summed E-state index contributed by atoms with van der Waals surface area (Å²) in [5, 5.41) is 0. The first-order valence-electron chi connectivity index (χ1n) is 7.15. The van der Waals surface area contributed by atoms with Gasteiger partial charge in [0.2, 0.25) is 11.8 Å². The summed E-state index contributed by atoms with van der Waals surface area (Å²) in [6.45, 7) is 6.00. The molecule has 1 fully saturated rings. The SMILES string of the molecule is CCc1cc(Br)ccc1N1C(=O)CC(CC)(CC)C1=O. The molecule has 0 saturated carbocycles. The van der Waals surface area contributed by atoms with Crippen molar-refractivity contribution in [3.05, 3.63) is 28.2 Å². The van der Waals surface area contributed by atoms with Gasteiger partial charge in [-0.3, -0.25) is 9.59 Å². The molecular weight excluding hydrogens is 318 g/mol. The van der Waals surface area contributed by atoms with Crippen LogP contribution in [0.15, 0.2) is 22.7 Å². The van der Waals surface area contributed by atoms with E-state index in [1.807, 2.05) is 39.0 Å². The smallest absolute Gasteiger partial charge is 0.240 e. The number of carbonyl (C=O) groups excluding carboxylic acids is 2. The predicted molar refractivity (Wildman–Crippen MR) is 83.6 cm³/mol. The number of imide groups is 1. The lowest BCUT2D eigenvalue weighted by atomic mass is 9.81. The first-order valence-corrected chi connectivity index (χ1v) is 7.94. The third kappa shape index (κ3) is 2.30. The van der Waals surface area contributed by atoms with Crippen molar-refractivity contribution in [1.29, 1.82) is 0 Å². The lowest BCUT2D eigenvalue weighted by Crippen LogP contribution is -2.35. The van der Waals surface area contributed by atoms with E-state index in [9.17, 15) is 9.59 Å². The predicted octanol–water partition coefficient (Wildman–Crippen LogP) is 4.08. The molecule has 0 atom stereocenters. The summed E-state index contributed by atoms with van der Waals surface area (Å²) >= 11 is 3.44. The molecule has 3 nitrogen and oxygen atoms in total. The van der Waals surface area contributed by atoms with Crippen molar-refractivity contribution in [3.8, 4) is 0 Å². The molecule has 0 spiro atoms. The second-order valence-corrected chi connectivity index (χ2v) is 6.24. The lowest BCUT2D eigenvalue weighted by Gasteiger charge is -2.24. The minimum Gasteiger partial charge on any atom is -0.274 e. The summed E-state index contributed by atoms with van der Waals surface area (Å²) in [6.07, 6.45) is 2.54. The van der Waals surface area contributed by atoms with E-state index in [-0.39, 0.29) is 11.8 Å². The molecule has 2 amide bonds. The summed E-state index contributed by atoms with van der Waals surface area (Å²) in [6, 6.07) is 5.72. The summed E-state index contributed by atoms with van der Waals surface area (Å²) in [7, 11) is 0. The maximum absolute atomic E-state index is 12.7. The third-order valence-electron chi connectivity index (χ3n) is 4.41. The van der Waals surface area contributed by atoms with Crippen LogP contribution in [0.25, 0.3) is 0 Å². The molecule has 1 saturated heterocycles. The highest BCUT2D eigenvalue weighted by Gasteiger charge is 2.49. The van der Waals surface area contributed by atoms with Crippen molar-refractivity contribution in [1.82, 2.24) is 0 Å². The van der Waals surface area contributed by atoms with Gasteiger partial charge in [0.05, 0.1) is 11.1 Å². The Morgan fingerprint density at radius 3 is 2.35 bits per heavy atom. The second-order valence-electron chi connectivity index (χ2n) is 5.33. The van der Waals surface area contributed by atoms with E-state index in [1.165, 1.54) is 4.90 Å². The maximum atomic E-state index is 12.7. The van der Waals surface area contributed by atoms with Gasteiger partial charge in [-0.05, 0) is 43.0 Å². The first kappa shape index (κ1) is 15.2. The van der Waals surface area contributed by atoms with E-state index in [4.69, 9.17) is 0 Å². The average molecular weight is 338 g/mol. The summed E-state index contributed by atoms with van der Waals surface area (Å²) in [5.74, 6) is -0.111. The molecule has 0 unspecified atom stereocenters. The Balaban J connectivity index is 2.48. The molecule has 4 heteroatoms. The summed E-state index contributed by atoms with van der Waals surface area (Å²) in [4.78, 5) is 26.5. The zero-order chi connectivity index (χ0) is 14.9. The molecule has 108 valence electrons. The van der Waals surface area contributed by atoms with Gasteiger partial charge in [0.25, 0.3) is 0 Å². The molecule has 2 rings (SSSR count). The van der Waals surface area contributed by atoms with E-state index in [0.717, 1.165) is 22.1 Å². The Hall–Kier alpha value is -1.16. The maximum Gasteiger partial charge on any atom is 0.240 e. The van der Waals surface area contributed by atoms with Crippen molar-refractivity contribution in [2.75, 3.05) is 4.90 Å². The van der Waals surface area contributed by atoms with Crippen molar-refractivity contribution in [2.45, 2.75) is 46.5 Å². The van der Waals surface area contributed by atoms with Gasteiger partial charge >= 0.3 is 0 Å². The fourth-order valence-electron chi connectivity index (χ4n) is 2.90. The zero-order valence-electron chi connectivity index (χ0n) is 12.2. The minimum absolute atomic E-state index is 0.0375. The van der Waals surface area contributed by atoms with Crippen molar-refractivity contribution < 1.29 is 9.59 Å². The molecule has 0 radical (unpaired) electrons. The van der Waals surface area contributed by atoms with Crippen LogP contribution < -0.4 is 4.90 Å². The molecule has 0 aliphatic carbocycles. The number of amides is 2. The number of hydrogen-bond acceptors (Lipinski definition) is 2. The van der Waals surface area contributed by atoms with Crippen LogP contribution >= 0.6 is 15.9 Å². The van der Waals surface area contributed by atoms with Crippen LogP contribution in [-0.4, -0.2) is 11.8 Å². The summed E-state index contributed by atoms with van der Waals surface area (Å²) < 4.78 is 0.967. The molecule has 1 aliphatic rings. The van der Waals surface area contributed by atoms with Crippen LogP contribution in [-0.2, 0) is 16.0 Å². The van der Waals surface area contributed by atoms with Crippen LogP contribution in [0.5, 0.6) is 0 Å². The molecule has 0 bridgehead atoms. The lowest BCUT2D eigenvalue weighted by molar-refractivity contribution is -0.126. The molecule has 0 N–H and O–H groups in total. The second kappa shape index (κ2) is 5.68. The van der Waals surface area contributed by atoms with Crippen LogP contribution in [0.2, 0.25) is 0 Å². The standard InChI is InChI=1S/C16H20BrNO2/c1-4-11-9-12(17)7-8-13(11)18-14(19)10-16(5-2,6-3)15(18)20/h7-9H,4-6,10H2,1-3H3. The Kier molecular flexibility index (Phi) is 4.33. The summed E-state index contributed by atoms with van der Waals surface area (Å²) in [5.41, 5.74) is 1.26. The molecule has 1 aliphatic heterocycles. The van der Waals surface area contributed by atoms with Gasteiger partial charge in [-0.2, -0.15) is 0 Å². The van der Waals surface area contributed by atoms with Gasteiger partial charge in [-0.25, -0.2) is 4.90 Å². The quantitative estimate of drug-likeness (QED) is 0.776. The largest absolute Gasteiger partial charge is 0.274 e. The number of hydrogen-bond donors (Lipinski definition) is 0. The van der Waals surface area contributed by atoms with E-state index < -0.39 is 5.41 Å². The molecule has 0 aromatic heterocycles. The van der Waals surface area contributed by atoms with E-state index in [2.05, 4.69) is 15.9 Å². The molecule has 1 aromatic carbocycles. The molecule has 1 aromatic rings. The van der Waals surface area contributed by atoms with Gasteiger partial charge in [-0.1, -0.05) is 36.7 Å². The monoisotopic (exact) mass is 337 g/mol. The van der Waals surface area contributed by atoms with Gasteiger partial charge < -0.3 is 0 Å². The van der Waals surface area contributed by atoms with E-state index in [0.29, 0.717) is 19.3 Å².